The number of aliphatic hydroxyl groups is 1. The van der Waals surface area contributed by atoms with Crippen molar-refractivity contribution in [2.45, 2.75) is 32.6 Å². The van der Waals surface area contributed by atoms with E-state index in [9.17, 15) is 0 Å². The Bertz CT molecular complexity index is 47.2. The van der Waals surface area contributed by atoms with Crippen LogP contribution in [-0.2, 0) is 4.74 Å². The van der Waals surface area contributed by atoms with Gasteiger partial charge in [-0.2, -0.15) is 0 Å². The highest BCUT2D eigenvalue weighted by molar-refractivity contribution is 4.38. The number of hydrogen-bond donors (Lipinski definition) is 1. The molecule has 0 aliphatic rings. The number of rotatable bonds is 7. The molecular formula is C8H18O2. The van der Waals surface area contributed by atoms with Crippen LogP contribution in [0, 0.1) is 0 Å². The zero-order chi connectivity index (χ0) is 7.66. The normalized spacial score (nSPS) is 10.2. The predicted molar refractivity (Wildman–Crippen MR) is 42.0 cm³/mol. The lowest BCUT2D eigenvalue weighted by atomic mass is 10.2. The van der Waals surface area contributed by atoms with Crippen molar-refractivity contribution in [2.24, 2.45) is 0 Å². The molecule has 0 fully saturated rings. The molecule has 1 N–H and O–H groups in total. The summed E-state index contributed by atoms with van der Waals surface area (Å²) in [6.07, 6.45) is 4.94. The maximum Gasteiger partial charge on any atom is 0.0697 e. The Hall–Kier alpha value is -0.0800. The summed E-state index contributed by atoms with van der Waals surface area (Å²) in [6.45, 7) is 3.63. The minimum absolute atomic E-state index is 0.147. The maximum atomic E-state index is 8.34. The van der Waals surface area contributed by atoms with E-state index in [-0.39, 0.29) is 6.61 Å². The fourth-order valence-corrected chi connectivity index (χ4v) is 0.798. The molecule has 0 amide bonds. The van der Waals surface area contributed by atoms with Crippen LogP contribution in [0.3, 0.4) is 0 Å². The summed E-state index contributed by atoms with van der Waals surface area (Å²) in [5.41, 5.74) is 0. The van der Waals surface area contributed by atoms with Gasteiger partial charge in [-0.3, -0.25) is 0 Å². The summed E-state index contributed by atoms with van der Waals surface area (Å²) in [6, 6.07) is 0. The highest BCUT2D eigenvalue weighted by Crippen LogP contribution is 1.98. The summed E-state index contributed by atoms with van der Waals surface area (Å²) in [7, 11) is 0. The third kappa shape index (κ3) is 7.92. The molecule has 0 unspecified atom stereocenters. The number of ether oxygens (including phenoxy) is 1. The van der Waals surface area contributed by atoms with Gasteiger partial charge in [0.1, 0.15) is 0 Å². The van der Waals surface area contributed by atoms with E-state index in [0.29, 0.717) is 6.61 Å². The first-order chi connectivity index (χ1) is 4.91. The van der Waals surface area contributed by atoms with Crippen molar-refractivity contribution in [2.75, 3.05) is 19.8 Å². The fraction of sp³-hybridized carbons (Fsp3) is 1.00. The van der Waals surface area contributed by atoms with E-state index in [1.54, 1.807) is 0 Å². The third-order valence-corrected chi connectivity index (χ3v) is 1.38. The fourth-order valence-electron chi connectivity index (χ4n) is 0.798. The molecule has 0 saturated heterocycles. The van der Waals surface area contributed by atoms with Gasteiger partial charge in [-0.05, 0) is 6.42 Å². The highest BCUT2D eigenvalue weighted by Gasteiger charge is 1.87. The van der Waals surface area contributed by atoms with Gasteiger partial charge in [-0.25, -0.2) is 0 Å². The summed E-state index contributed by atoms with van der Waals surface area (Å²) in [4.78, 5) is 0. The standard InChI is InChI=1S/C8H18O2/c1-2-3-4-5-7-10-8-6-9/h9H,2-8H2,1H3. The Kier molecular flexibility index (Phi) is 8.85. The summed E-state index contributed by atoms with van der Waals surface area (Å²) < 4.78 is 5.08. The van der Waals surface area contributed by atoms with Gasteiger partial charge in [0.2, 0.25) is 0 Å². The quantitative estimate of drug-likeness (QED) is 0.552. The van der Waals surface area contributed by atoms with Gasteiger partial charge < -0.3 is 9.84 Å². The molecule has 0 aliphatic carbocycles. The first kappa shape index (κ1) is 9.92. The molecular weight excluding hydrogens is 128 g/mol. The van der Waals surface area contributed by atoms with E-state index < -0.39 is 0 Å². The van der Waals surface area contributed by atoms with Gasteiger partial charge in [-0.1, -0.05) is 26.2 Å². The van der Waals surface area contributed by atoms with Crippen LogP contribution in [0.4, 0.5) is 0 Å². The summed E-state index contributed by atoms with van der Waals surface area (Å²) >= 11 is 0. The van der Waals surface area contributed by atoms with Gasteiger partial charge in [-0.15, -0.1) is 0 Å². The summed E-state index contributed by atoms with van der Waals surface area (Å²) in [5.74, 6) is 0. The topological polar surface area (TPSA) is 29.5 Å². The zero-order valence-corrected chi connectivity index (χ0v) is 6.81. The van der Waals surface area contributed by atoms with Gasteiger partial charge in [0.25, 0.3) is 0 Å². The van der Waals surface area contributed by atoms with Crippen molar-refractivity contribution >= 4 is 0 Å². The van der Waals surface area contributed by atoms with E-state index >= 15 is 0 Å². The van der Waals surface area contributed by atoms with Crippen LogP contribution in [0.25, 0.3) is 0 Å². The Labute approximate surface area is 63.2 Å². The van der Waals surface area contributed by atoms with Crippen LogP contribution in [0.1, 0.15) is 32.6 Å². The lowest BCUT2D eigenvalue weighted by molar-refractivity contribution is 0.0896. The molecule has 0 radical (unpaired) electrons. The van der Waals surface area contributed by atoms with Crippen LogP contribution < -0.4 is 0 Å². The van der Waals surface area contributed by atoms with Crippen LogP contribution in [0.15, 0.2) is 0 Å². The third-order valence-electron chi connectivity index (χ3n) is 1.38. The first-order valence-electron chi connectivity index (χ1n) is 4.10. The van der Waals surface area contributed by atoms with Crippen LogP contribution in [0.5, 0.6) is 0 Å². The second kappa shape index (κ2) is 8.92. The lowest BCUT2D eigenvalue weighted by Gasteiger charge is -2.00. The van der Waals surface area contributed by atoms with Crippen molar-refractivity contribution in [3.63, 3.8) is 0 Å². The lowest BCUT2D eigenvalue weighted by Crippen LogP contribution is -2.00. The second-order valence-electron chi connectivity index (χ2n) is 2.40. The van der Waals surface area contributed by atoms with Crippen molar-refractivity contribution in [1.29, 1.82) is 0 Å². The Morgan fingerprint density at radius 3 is 2.50 bits per heavy atom. The highest BCUT2D eigenvalue weighted by atomic mass is 16.5. The molecule has 0 saturated carbocycles. The molecule has 0 aromatic rings. The van der Waals surface area contributed by atoms with E-state index in [1.807, 2.05) is 0 Å². The molecule has 10 heavy (non-hydrogen) atoms. The minimum Gasteiger partial charge on any atom is -0.394 e. The smallest absolute Gasteiger partial charge is 0.0697 e. The SMILES string of the molecule is CCCCCCOCCO. The van der Waals surface area contributed by atoms with E-state index in [4.69, 9.17) is 9.84 Å². The maximum absolute atomic E-state index is 8.34. The van der Waals surface area contributed by atoms with E-state index in [0.717, 1.165) is 13.0 Å². The molecule has 0 bridgehead atoms. The molecule has 0 heterocycles. The van der Waals surface area contributed by atoms with Gasteiger partial charge in [0.15, 0.2) is 0 Å². The van der Waals surface area contributed by atoms with Gasteiger partial charge >= 0.3 is 0 Å². The van der Waals surface area contributed by atoms with Crippen LogP contribution in [0.2, 0.25) is 0 Å². The van der Waals surface area contributed by atoms with Crippen LogP contribution in [-0.4, -0.2) is 24.9 Å². The van der Waals surface area contributed by atoms with Crippen LogP contribution >= 0.6 is 0 Å². The molecule has 2 nitrogen and oxygen atoms in total. The summed E-state index contributed by atoms with van der Waals surface area (Å²) in [5, 5.41) is 8.34. The largest absolute Gasteiger partial charge is 0.394 e. The average Bonchev–Trinajstić information content (AvgIpc) is 1.97. The second-order valence-corrected chi connectivity index (χ2v) is 2.40. The van der Waals surface area contributed by atoms with E-state index in [2.05, 4.69) is 6.92 Å². The number of aliphatic hydroxyl groups excluding tert-OH is 1. The number of hydrogen-bond acceptors (Lipinski definition) is 2. The molecule has 0 aromatic carbocycles. The molecule has 0 spiro atoms. The molecule has 2 heteroatoms. The van der Waals surface area contributed by atoms with Crippen molar-refractivity contribution < 1.29 is 9.84 Å². The molecule has 0 aromatic heterocycles. The van der Waals surface area contributed by atoms with Crippen molar-refractivity contribution in [3.8, 4) is 0 Å². The number of unbranched alkanes of at least 4 members (excludes halogenated alkanes) is 3. The molecule has 0 atom stereocenters. The molecule has 0 aliphatic heterocycles. The minimum atomic E-state index is 0.147. The molecule has 0 rings (SSSR count). The average molecular weight is 146 g/mol. The van der Waals surface area contributed by atoms with Crippen molar-refractivity contribution in [1.82, 2.24) is 0 Å². The predicted octanol–water partition coefficient (Wildman–Crippen LogP) is 1.58. The molecule has 62 valence electrons. The Morgan fingerprint density at radius 2 is 1.90 bits per heavy atom. The van der Waals surface area contributed by atoms with Gasteiger partial charge in [0, 0.05) is 6.61 Å². The Morgan fingerprint density at radius 1 is 1.10 bits per heavy atom. The Balaban J connectivity index is 2.65. The first-order valence-corrected chi connectivity index (χ1v) is 4.10. The van der Waals surface area contributed by atoms with Crippen molar-refractivity contribution in [3.05, 3.63) is 0 Å². The zero-order valence-electron chi connectivity index (χ0n) is 6.81. The van der Waals surface area contributed by atoms with Gasteiger partial charge in [0.05, 0.1) is 13.2 Å². The monoisotopic (exact) mass is 146 g/mol. The van der Waals surface area contributed by atoms with E-state index in [1.165, 1.54) is 19.3 Å².